The van der Waals surface area contributed by atoms with E-state index in [0.717, 1.165) is 12.1 Å². The molecule has 0 bridgehead atoms. The van der Waals surface area contributed by atoms with Crippen LogP contribution in [0.25, 0.3) is 0 Å². The first kappa shape index (κ1) is 22.0. The lowest BCUT2D eigenvalue weighted by Crippen LogP contribution is -2.40. The molecular formula is C18H18F3N3O5S. The van der Waals surface area contributed by atoms with E-state index in [1.54, 1.807) is 0 Å². The second-order valence-corrected chi connectivity index (χ2v) is 8.44. The van der Waals surface area contributed by atoms with Crippen molar-refractivity contribution in [3.8, 4) is 0 Å². The average Bonchev–Trinajstić information content (AvgIpc) is 2.72. The van der Waals surface area contributed by atoms with E-state index in [2.05, 4.69) is 5.32 Å². The summed E-state index contributed by atoms with van der Waals surface area (Å²) in [6.07, 6.45) is -4.69. The van der Waals surface area contributed by atoms with Gasteiger partial charge >= 0.3 is 6.18 Å². The van der Waals surface area contributed by atoms with Crippen molar-refractivity contribution in [2.24, 2.45) is 0 Å². The van der Waals surface area contributed by atoms with Gasteiger partial charge in [-0.1, -0.05) is 12.1 Å². The van der Waals surface area contributed by atoms with Crippen molar-refractivity contribution >= 4 is 21.4 Å². The number of morpholine rings is 1. The molecule has 0 spiro atoms. The van der Waals surface area contributed by atoms with Gasteiger partial charge in [-0.15, -0.1) is 0 Å². The summed E-state index contributed by atoms with van der Waals surface area (Å²) in [5.41, 5.74) is -1.28. The summed E-state index contributed by atoms with van der Waals surface area (Å²) in [6.45, 7) is 1.25. The molecule has 12 heteroatoms. The maximum Gasteiger partial charge on any atom is 0.416 e. The number of nitrogens with one attached hydrogen (secondary N) is 1. The maximum atomic E-state index is 12.8. The van der Waals surface area contributed by atoms with Crippen LogP contribution >= 0.6 is 0 Å². The molecule has 0 unspecified atom stereocenters. The molecule has 30 heavy (non-hydrogen) atoms. The first-order valence-electron chi connectivity index (χ1n) is 8.85. The monoisotopic (exact) mass is 445 g/mol. The predicted octanol–water partition coefficient (Wildman–Crippen LogP) is 3.25. The molecule has 0 atom stereocenters. The number of hydrogen-bond acceptors (Lipinski definition) is 6. The summed E-state index contributed by atoms with van der Waals surface area (Å²) >= 11 is 0. The summed E-state index contributed by atoms with van der Waals surface area (Å²) in [6, 6.07) is 8.14. The fraction of sp³-hybridized carbons (Fsp3) is 0.333. The standard InChI is InChI=1S/C18H18F3N3O5S/c19-18(20,21)14-3-6-16(17(11-14)24(25)26)22-12-13-1-4-15(5-2-13)30(27,28)23-7-9-29-10-8-23/h1-6,11,22H,7-10,12H2. The Kier molecular flexibility index (Phi) is 6.29. The second kappa shape index (κ2) is 8.58. The summed E-state index contributed by atoms with van der Waals surface area (Å²) in [7, 11) is -3.65. The Balaban J connectivity index is 1.73. The third-order valence-electron chi connectivity index (χ3n) is 4.54. The van der Waals surface area contributed by atoms with Gasteiger partial charge in [-0.2, -0.15) is 17.5 Å². The van der Waals surface area contributed by atoms with Crippen LogP contribution in [0.3, 0.4) is 0 Å². The van der Waals surface area contributed by atoms with Gasteiger partial charge in [0, 0.05) is 25.7 Å². The lowest BCUT2D eigenvalue weighted by atomic mass is 10.1. The van der Waals surface area contributed by atoms with Crippen LogP contribution in [0, 0.1) is 10.1 Å². The Morgan fingerprint density at radius 3 is 2.30 bits per heavy atom. The minimum Gasteiger partial charge on any atom is -0.379 e. The van der Waals surface area contributed by atoms with Gasteiger partial charge in [-0.25, -0.2) is 8.42 Å². The third-order valence-corrected chi connectivity index (χ3v) is 6.45. The van der Waals surface area contributed by atoms with Gasteiger partial charge < -0.3 is 10.1 Å². The molecule has 2 aromatic carbocycles. The Morgan fingerprint density at radius 1 is 1.10 bits per heavy atom. The quantitative estimate of drug-likeness (QED) is 0.541. The zero-order valence-electron chi connectivity index (χ0n) is 15.6. The molecule has 1 aliphatic heterocycles. The van der Waals surface area contributed by atoms with Crippen molar-refractivity contribution in [1.82, 2.24) is 4.31 Å². The number of nitro benzene ring substituents is 1. The molecule has 1 fully saturated rings. The Morgan fingerprint density at radius 2 is 1.73 bits per heavy atom. The van der Waals surface area contributed by atoms with Crippen LogP contribution in [0.5, 0.6) is 0 Å². The number of alkyl halides is 3. The number of ether oxygens (including phenoxy) is 1. The SMILES string of the molecule is O=[N+]([O-])c1cc(C(F)(F)F)ccc1NCc1ccc(S(=O)(=O)N2CCOCC2)cc1. The van der Waals surface area contributed by atoms with Crippen molar-refractivity contribution in [3.63, 3.8) is 0 Å². The Labute approximate surface area is 170 Å². The van der Waals surface area contributed by atoms with Gasteiger partial charge in [0.2, 0.25) is 10.0 Å². The molecule has 1 N–H and O–H groups in total. The van der Waals surface area contributed by atoms with Crippen molar-refractivity contribution in [2.45, 2.75) is 17.6 Å². The minimum absolute atomic E-state index is 0.0596. The van der Waals surface area contributed by atoms with Crippen molar-refractivity contribution < 1.29 is 31.2 Å². The van der Waals surface area contributed by atoms with Crippen LogP contribution in [0.2, 0.25) is 0 Å². The van der Waals surface area contributed by atoms with Crippen LogP contribution in [0.4, 0.5) is 24.5 Å². The van der Waals surface area contributed by atoms with Crippen molar-refractivity contribution in [2.75, 3.05) is 31.6 Å². The predicted molar refractivity (Wildman–Crippen MR) is 101 cm³/mol. The number of sulfonamides is 1. The number of benzene rings is 2. The first-order valence-corrected chi connectivity index (χ1v) is 10.3. The highest BCUT2D eigenvalue weighted by Gasteiger charge is 2.33. The fourth-order valence-corrected chi connectivity index (χ4v) is 4.33. The van der Waals surface area contributed by atoms with E-state index in [-0.39, 0.29) is 30.2 Å². The van der Waals surface area contributed by atoms with Gasteiger partial charge in [-0.05, 0) is 29.8 Å². The second-order valence-electron chi connectivity index (χ2n) is 6.50. The van der Waals surface area contributed by atoms with Gasteiger partial charge in [-0.3, -0.25) is 10.1 Å². The van der Waals surface area contributed by atoms with Gasteiger partial charge in [0.25, 0.3) is 5.69 Å². The number of nitrogens with zero attached hydrogens (tertiary/aromatic N) is 2. The van der Waals surface area contributed by atoms with Crippen molar-refractivity contribution in [3.05, 3.63) is 63.7 Å². The maximum absolute atomic E-state index is 12.8. The van der Waals surface area contributed by atoms with Gasteiger partial charge in [0.1, 0.15) is 5.69 Å². The molecule has 0 saturated carbocycles. The lowest BCUT2D eigenvalue weighted by molar-refractivity contribution is -0.384. The molecule has 0 aliphatic carbocycles. The highest BCUT2D eigenvalue weighted by atomic mass is 32.2. The minimum atomic E-state index is -4.69. The Bertz CT molecular complexity index is 1020. The number of anilines is 1. The molecule has 8 nitrogen and oxygen atoms in total. The Hall–Kier alpha value is -2.70. The third kappa shape index (κ3) is 4.89. The van der Waals surface area contributed by atoms with Crippen LogP contribution in [-0.2, 0) is 27.5 Å². The van der Waals surface area contributed by atoms with E-state index in [1.807, 2.05) is 0 Å². The van der Waals surface area contributed by atoms with Crippen LogP contribution in [-0.4, -0.2) is 43.9 Å². The van der Waals surface area contributed by atoms with Crippen molar-refractivity contribution in [1.29, 1.82) is 0 Å². The molecule has 162 valence electrons. The largest absolute Gasteiger partial charge is 0.416 e. The van der Waals surface area contributed by atoms with E-state index >= 15 is 0 Å². The smallest absolute Gasteiger partial charge is 0.379 e. The van der Waals surface area contributed by atoms with Gasteiger partial charge in [0.15, 0.2) is 0 Å². The van der Waals surface area contributed by atoms with Gasteiger partial charge in [0.05, 0.1) is 28.6 Å². The lowest BCUT2D eigenvalue weighted by Gasteiger charge is -2.26. The summed E-state index contributed by atoms with van der Waals surface area (Å²) in [5, 5.41) is 13.9. The van der Waals surface area contributed by atoms with E-state index in [0.29, 0.717) is 24.8 Å². The van der Waals surface area contributed by atoms with E-state index in [9.17, 15) is 31.7 Å². The number of halogens is 3. The molecular weight excluding hydrogens is 427 g/mol. The molecule has 1 aliphatic rings. The summed E-state index contributed by atoms with van der Waals surface area (Å²) in [4.78, 5) is 10.3. The molecule has 1 heterocycles. The highest BCUT2D eigenvalue weighted by molar-refractivity contribution is 7.89. The van der Waals surface area contributed by atoms with Crippen LogP contribution in [0.15, 0.2) is 47.4 Å². The molecule has 0 amide bonds. The number of rotatable bonds is 6. The molecule has 2 aromatic rings. The van der Waals surface area contributed by atoms with E-state index in [1.165, 1.54) is 28.6 Å². The zero-order valence-corrected chi connectivity index (χ0v) is 16.4. The molecule has 0 radical (unpaired) electrons. The van der Waals surface area contributed by atoms with E-state index < -0.39 is 32.4 Å². The number of hydrogen-bond donors (Lipinski definition) is 1. The van der Waals surface area contributed by atoms with E-state index in [4.69, 9.17) is 4.74 Å². The topological polar surface area (TPSA) is 102 Å². The van der Waals surface area contributed by atoms with Crippen LogP contribution < -0.4 is 5.32 Å². The average molecular weight is 445 g/mol. The number of nitro groups is 1. The fourth-order valence-electron chi connectivity index (χ4n) is 2.92. The highest BCUT2D eigenvalue weighted by Crippen LogP contribution is 2.35. The molecule has 1 saturated heterocycles. The normalized spacial score (nSPS) is 15.7. The zero-order chi connectivity index (χ0) is 21.9. The summed E-state index contributed by atoms with van der Waals surface area (Å²) < 4.78 is 70.0. The summed E-state index contributed by atoms with van der Waals surface area (Å²) in [5.74, 6) is 0. The first-order chi connectivity index (χ1) is 14.1. The molecule has 0 aromatic heterocycles. The molecule has 3 rings (SSSR count). The van der Waals surface area contributed by atoms with Crippen LogP contribution in [0.1, 0.15) is 11.1 Å².